The van der Waals surface area contributed by atoms with E-state index >= 15 is 0 Å². The first-order chi connectivity index (χ1) is 15.8. The van der Waals surface area contributed by atoms with E-state index in [1.165, 1.54) is 35.6 Å². The van der Waals surface area contributed by atoms with Gasteiger partial charge in [-0.1, -0.05) is 30.1 Å². The van der Waals surface area contributed by atoms with Gasteiger partial charge in [-0.25, -0.2) is 8.42 Å². The molecule has 1 aromatic heterocycles. The van der Waals surface area contributed by atoms with Gasteiger partial charge in [0.05, 0.1) is 21.7 Å². The highest BCUT2D eigenvalue weighted by Gasteiger charge is 2.25. The molecular formula is C25H27N3O3S2. The molecule has 2 heterocycles. The second-order valence-corrected chi connectivity index (χ2v) is 11.3. The third kappa shape index (κ3) is 4.81. The van der Waals surface area contributed by atoms with Crippen molar-refractivity contribution in [3.8, 4) is 12.3 Å². The number of hydrogen-bond donors (Lipinski definition) is 0. The fraction of sp³-hybridized carbons (Fsp3) is 0.360. The van der Waals surface area contributed by atoms with Crippen LogP contribution in [-0.4, -0.2) is 36.3 Å². The van der Waals surface area contributed by atoms with E-state index in [0.717, 1.165) is 47.0 Å². The van der Waals surface area contributed by atoms with Crippen molar-refractivity contribution in [1.82, 2.24) is 8.87 Å². The lowest BCUT2D eigenvalue weighted by Gasteiger charge is -2.19. The molecule has 0 bridgehead atoms. The minimum Gasteiger partial charge on any atom is -0.305 e. The average molecular weight is 482 g/mol. The number of nitrogens with zero attached hydrogens (tertiary/aromatic N) is 3. The highest BCUT2D eigenvalue weighted by Crippen LogP contribution is 2.23. The molecule has 0 radical (unpaired) electrons. The van der Waals surface area contributed by atoms with E-state index in [0.29, 0.717) is 30.0 Å². The first-order valence-corrected chi connectivity index (χ1v) is 13.3. The number of aryl methyl sites for hydroxylation is 2. The first kappa shape index (κ1) is 23.4. The Morgan fingerprint density at radius 1 is 1.06 bits per heavy atom. The zero-order valence-electron chi connectivity index (χ0n) is 18.9. The van der Waals surface area contributed by atoms with Crippen molar-refractivity contribution in [3.05, 3.63) is 57.9 Å². The number of terminal acetylenes is 1. The Balaban J connectivity index is 1.66. The number of sulfonamides is 1. The Labute approximate surface area is 198 Å². The summed E-state index contributed by atoms with van der Waals surface area (Å²) in [5.74, 6) is 2.21. The molecule has 0 spiro atoms. The number of benzene rings is 2. The molecule has 0 atom stereocenters. The van der Waals surface area contributed by atoms with Crippen LogP contribution in [0.5, 0.6) is 0 Å². The standard InChI is InChI=1S/C25H27N3O3S2/c1-4-13-28-22-16-18(2)19(3)17-23(22)32-25(28)26-24(29)20-9-11-21(12-10-20)33(30,31)27-14-7-5-6-8-15-27/h1,9-12,16-17H,5-8,13-15H2,2-3H3. The summed E-state index contributed by atoms with van der Waals surface area (Å²) < 4.78 is 30.4. The van der Waals surface area contributed by atoms with Crippen molar-refractivity contribution >= 4 is 37.5 Å². The number of carbonyl (C=O) groups excluding carboxylic acids is 1. The van der Waals surface area contributed by atoms with Gasteiger partial charge < -0.3 is 4.57 Å². The van der Waals surface area contributed by atoms with Gasteiger partial charge in [0.15, 0.2) is 4.80 Å². The fourth-order valence-corrected chi connectivity index (χ4v) is 6.63. The summed E-state index contributed by atoms with van der Waals surface area (Å²) in [6, 6.07) is 10.2. The van der Waals surface area contributed by atoms with Gasteiger partial charge >= 0.3 is 0 Å². The van der Waals surface area contributed by atoms with Crippen LogP contribution in [0.2, 0.25) is 0 Å². The van der Waals surface area contributed by atoms with Gasteiger partial charge in [0.25, 0.3) is 5.91 Å². The molecule has 6 nitrogen and oxygen atoms in total. The lowest BCUT2D eigenvalue weighted by molar-refractivity contribution is 0.0998. The van der Waals surface area contributed by atoms with Crippen LogP contribution >= 0.6 is 11.3 Å². The van der Waals surface area contributed by atoms with E-state index in [-0.39, 0.29) is 4.90 Å². The maximum absolute atomic E-state index is 13.0. The molecule has 0 N–H and O–H groups in total. The van der Waals surface area contributed by atoms with Crippen LogP contribution in [0.4, 0.5) is 0 Å². The number of thiazole rings is 1. The van der Waals surface area contributed by atoms with Crippen LogP contribution in [-0.2, 0) is 16.6 Å². The molecule has 1 aliphatic rings. The van der Waals surface area contributed by atoms with E-state index in [4.69, 9.17) is 6.42 Å². The monoisotopic (exact) mass is 481 g/mol. The summed E-state index contributed by atoms with van der Waals surface area (Å²) >= 11 is 1.42. The molecule has 0 unspecified atom stereocenters. The van der Waals surface area contributed by atoms with Crippen LogP contribution in [0, 0.1) is 26.2 Å². The number of aromatic nitrogens is 1. The van der Waals surface area contributed by atoms with Gasteiger partial charge in [0, 0.05) is 18.7 Å². The number of amides is 1. The maximum atomic E-state index is 13.0. The van der Waals surface area contributed by atoms with Crippen molar-refractivity contribution in [2.45, 2.75) is 51.0 Å². The quantitative estimate of drug-likeness (QED) is 0.523. The van der Waals surface area contributed by atoms with Crippen LogP contribution < -0.4 is 4.80 Å². The van der Waals surface area contributed by atoms with Gasteiger partial charge in [-0.15, -0.1) is 6.42 Å². The molecular weight excluding hydrogens is 454 g/mol. The first-order valence-electron chi connectivity index (χ1n) is 11.0. The second-order valence-electron chi connectivity index (χ2n) is 8.34. The van der Waals surface area contributed by atoms with Crippen molar-refractivity contribution < 1.29 is 13.2 Å². The number of fused-ring (bicyclic) bond motifs is 1. The molecule has 1 saturated heterocycles. The van der Waals surface area contributed by atoms with Gasteiger partial charge in [0.1, 0.15) is 0 Å². The van der Waals surface area contributed by atoms with Crippen molar-refractivity contribution in [2.75, 3.05) is 13.1 Å². The Morgan fingerprint density at radius 2 is 1.70 bits per heavy atom. The van der Waals surface area contributed by atoms with Crippen molar-refractivity contribution in [3.63, 3.8) is 0 Å². The minimum atomic E-state index is -3.56. The van der Waals surface area contributed by atoms with E-state index in [2.05, 4.69) is 23.0 Å². The van der Waals surface area contributed by atoms with Gasteiger partial charge in [-0.3, -0.25) is 4.79 Å². The normalized spacial score (nSPS) is 16.0. The molecule has 1 amide bonds. The van der Waals surface area contributed by atoms with Gasteiger partial charge in [0.2, 0.25) is 10.0 Å². The average Bonchev–Trinajstić information content (AvgIpc) is 2.98. The molecule has 172 valence electrons. The maximum Gasteiger partial charge on any atom is 0.279 e. The molecule has 33 heavy (non-hydrogen) atoms. The van der Waals surface area contributed by atoms with Gasteiger partial charge in [-0.05, 0) is 74.2 Å². The Morgan fingerprint density at radius 3 is 2.33 bits per heavy atom. The predicted octanol–water partition coefficient (Wildman–Crippen LogP) is 4.26. The molecule has 3 aromatic rings. The van der Waals surface area contributed by atoms with Crippen LogP contribution in [0.15, 0.2) is 46.3 Å². The third-order valence-electron chi connectivity index (χ3n) is 6.05. The number of carbonyl (C=O) groups is 1. The third-order valence-corrected chi connectivity index (χ3v) is 9.00. The highest BCUT2D eigenvalue weighted by molar-refractivity contribution is 7.89. The SMILES string of the molecule is C#CCn1c(=NC(=O)c2ccc(S(=O)(=O)N3CCCCCC3)cc2)sc2cc(C)c(C)cc21. The summed E-state index contributed by atoms with van der Waals surface area (Å²) in [4.78, 5) is 18.0. The largest absolute Gasteiger partial charge is 0.305 e. The molecule has 2 aromatic carbocycles. The molecule has 4 rings (SSSR count). The predicted molar refractivity (Wildman–Crippen MR) is 132 cm³/mol. The Kier molecular flexibility index (Phi) is 6.84. The van der Waals surface area contributed by atoms with E-state index in [9.17, 15) is 13.2 Å². The van der Waals surface area contributed by atoms with Crippen LogP contribution in [0.3, 0.4) is 0 Å². The summed E-state index contributed by atoms with van der Waals surface area (Å²) in [6.07, 6.45) is 9.42. The van der Waals surface area contributed by atoms with E-state index < -0.39 is 15.9 Å². The van der Waals surface area contributed by atoms with Crippen LogP contribution in [0.1, 0.15) is 47.2 Å². The highest BCUT2D eigenvalue weighted by atomic mass is 32.2. The van der Waals surface area contributed by atoms with Crippen LogP contribution in [0.25, 0.3) is 10.2 Å². The summed E-state index contributed by atoms with van der Waals surface area (Å²) in [7, 11) is -3.56. The molecule has 1 fully saturated rings. The lowest BCUT2D eigenvalue weighted by Crippen LogP contribution is -2.31. The number of rotatable bonds is 4. The number of hydrogen-bond acceptors (Lipinski definition) is 4. The summed E-state index contributed by atoms with van der Waals surface area (Å²) in [5, 5.41) is 0. The lowest BCUT2D eigenvalue weighted by atomic mass is 10.1. The second kappa shape index (κ2) is 9.64. The Hall–Kier alpha value is -2.73. The molecule has 8 heteroatoms. The van der Waals surface area contributed by atoms with Crippen molar-refractivity contribution in [2.24, 2.45) is 4.99 Å². The van der Waals surface area contributed by atoms with E-state index in [1.54, 1.807) is 4.31 Å². The minimum absolute atomic E-state index is 0.205. The molecule has 0 aliphatic carbocycles. The Bertz CT molecular complexity index is 1400. The molecule has 1 aliphatic heterocycles. The summed E-state index contributed by atoms with van der Waals surface area (Å²) in [5.41, 5.74) is 3.59. The zero-order chi connectivity index (χ0) is 23.6. The van der Waals surface area contributed by atoms with Crippen molar-refractivity contribution in [1.29, 1.82) is 0 Å². The fourth-order valence-electron chi connectivity index (χ4n) is 4.00. The van der Waals surface area contributed by atoms with E-state index in [1.807, 2.05) is 18.4 Å². The topological polar surface area (TPSA) is 71.7 Å². The molecule has 0 saturated carbocycles. The van der Waals surface area contributed by atoms with Gasteiger partial charge in [-0.2, -0.15) is 9.30 Å². The summed E-state index contributed by atoms with van der Waals surface area (Å²) in [6.45, 7) is 5.47. The zero-order valence-corrected chi connectivity index (χ0v) is 20.5. The smallest absolute Gasteiger partial charge is 0.279 e.